The van der Waals surface area contributed by atoms with Gasteiger partial charge in [-0.1, -0.05) is 110 Å². The van der Waals surface area contributed by atoms with Gasteiger partial charge in [-0.2, -0.15) is 0 Å². The van der Waals surface area contributed by atoms with Crippen LogP contribution in [0.25, 0.3) is 0 Å². The first-order valence-corrected chi connectivity index (χ1v) is 17.3. The Morgan fingerprint density at radius 3 is 1.46 bits per heavy atom. The van der Waals surface area contributed by atoms with Crippen LogP contribution in [0.5, 0.6) is 0 Å². The van der Waals surface area contributed by atoms with Gasteiger partial charge in [-0.05, 0) is 12.5 Å². The van der Waals surface area contributed by atoms with Crippen LogP contribution in [0.2, 0.25) is 19.1 Å². The highest BCUT2D eigenvalue weighted by molar-refractivity contribution is 14.1. The molecule has 0 saturated carbocycles. The molecule has 0 bridgehead atoms. The second-order valence-electron chi connectivity index (χ2n) is 8.14. The fourth-order valence-corrected chi connectivity index (χ4v) is 5.41. The van der Waals surface area contributed by atoms with Gasteiger partial charge < -0.3 is 4.74 Å². The molecule has 0 heterocycles. The van der Waals surface area contributed by atoms with Gasteiger partial charge >= 0.3 is 5.97 Å². The second kappa shape index (κ2) is 18.5. The van der Waals surface area contributed by atoms with Crippen molar-refractivity contribution >= 4 is 33.3 Å². The molecule has 0 saturated heterocycles. The van der Waals surface area contributed by atoms with E-state index in [2.05, 4.69) is 41.5 Å². The van der Waals surface area contributed by atoms with E-state index in [1.165, 1.54) is 102 Å². The molecular weight excluding hydrogens is 451 g/mol. The van der Waals surface area contributed by atoms with Crippen molar-refractivity contribution < 1.29 is 9.53 Å². The average molecular weight is 495 g/mol. The Kier molecular flexibility index (Phi) is 18.6. The molecule has 0 amide bonds. The minimum absolute atomic E-state index is 0.299. The highest BCUT2D eigenvalue weighted by Crippen LogP contribution is 2.22. The van der Waals surface area contributed by atoms with Crippen molar-refractivity contribution in [3.63, 3.8) is 0 Å². The number of hydrogen-bond donors (Lipinski definition) is 0. The third-order valence-corrected chi connectivity index (χ3v) is 7.99. The van der Waals surface area contributed by atoms with Crippen LogP contribution >= 0.6 is 21.8 Å². The van der Waals surface area contributed by atoms with Crippen molar-refractivity contribution in [3.05, 3.63) is 12.7 Å². The minimum atomic E-state index is -0.823. The molecule has 0 spiro atoms. The zero-order valence-corrected chi connectivity index (χ0v) is 20.7. The molecule has 0 aromatic heterocycles. The van der Waals surface area contributed by atoms with Crippen LogP contribution in [0, 0.1) is 0 Å². The number of esters is 1. The van der Waals surface area contributed by atoms with Crippen molar-refractivity contribution in [1.82, 2.24) is 0 Å². The van der Waals surface area contributed by atoms with E-state index in [0.29, 0.717) is 6.61 Å². The summed E-state index contributed by atoms with van der Waals surface area (Å²) in [7, 11) is 0. The molecule has 4 heteroatoms. The molecule has 154 valence electrons. The van der Waals surface area contributed by atoms with Crippen LogP contribution in [0.1, 0.15) is 96.3 Å². The number of carbonyl (C=O) groups excluding carboxylic acids is 1. The minimum Gasteiger partial charge on any atom is -0.463 e. The van der Waals surface area contributed by atoms with Gasteiger partial charge in [0.05, 0.1) is 6.61 Å². The van der Waals surface area contributed by atoms with E-state index in [1.54, 1.807) is 0 Å². The van der Waals surface area contributed by atoms with Crippen LogP contribution in [-0.2, 0) is 9.53 Å². The number of ether oxygens (including phenoxy) is 1. The first-order valence-electron chi connectivity index (χ1n) is 10.9. The predicted molar refractivity (Wildman–Crippen MR) is 127 cm³/mol. The van der Waals surface area contributed by atoms with E-state index in [1.807, 2.05) is 0 Å². The number of hydrogen-bond acceptors (Lipinski definition) is 2. The first kappa shape index (κ1) is 26.2. The van der Waals surface area contributed by atoms with E-state index < -0.39 is 5.57 Å². The highest BCUT2D eigenvalue weighted by Gasteiger charge is 2.14. The fourth-order valence-electron chi connectivity index (χ4n) is 3.18. The van der Waals surface area contributed by atoms with Crippen LogP contribution in [-0.4, -0.2) is 18.1 Å². The zero-order chi connectivity index (χ0) is 19.5. The van der Waals surface area contributed by atoms with Crippen molar-refractivity contribution in [1.29, 1.82) is 0 Å². The van der Waals surface area contributed by atoms with Gasteiger partial charge in [0, 0.05) is 6.08 Å². The quantitative estimate of drug-likeness (QED) is 0.0452. The van der Waals surface area contributed by atoms with Crippen LogP contribution in [0.4, 0.5) is 0 Å². The lowest BCUT2D eigenvalue weighted by Gasteiger charge is -2.12. The largest absolute Gasteiger partial charge is 0.463 e. The molecule has 0 aliphatic rings. The molecule has 0 fully saturated rings. The summed E-state index contributed by atoms with van der Waals surface area (Å²) >= 11 is 2.70. The van der Waals surface area contributed by atoms with Gasteiger partial charge in [0.25, 0.3) is 0 Å². The molecular formula is C22H43IO2Si. The topological polar surface area (TPSA) is 26.3 Å². The van der Waals surface area contributed by atoms with Gasteiger partial charge in [-0.15, -0.1) is 21.8 Å². The van der Waals surface area contributed by atoms with Crippen molar-refractivity contribution in [2.45, 2.75) is 115 Å². The standard InChI is InChI=1S/C22H43IO2Si/c1-4-22(24)25-20-18-16-14-12-10-8-6-5-7-9-11-13-15-17-19-21-26(2,3)23/h4H,1,5-21H2,2-3H3. The second-order valence-corrected chi connectivity index (χ2v) is 20.8. The Morgan fingerprint density at radius 1 is 0.769 bits per heavy atom. The molecule has 0 aliphatic carbocycles. The Balaban J connectivity index is 3.07. The summed E-state index contributed by atoms with van der Waals surface area (Å²) in [4.78, 5) is 10.9. The van der Waals surface area contributed by atoms with E-state index in [4.69, 9.17) is 4.74 Å². The lowest BCUT2D eigenvalue weighted by atomic mass is 10.0. The van der Waals surface area contributed by atoms with E-state index >= 15 is 0 Å². The molecule has 0 aromatic rings. The molecule has 0 radical (unpaired) electrons. The summed E-state index contributed by atoms with van der Waals surface area (Å²) in [6.07, 6.45) is 21.7. The lowest BCUT2D eigenvalue weighted by Crippen LogP contribution is -2.13. The molecule has 2 nitrogen and oxygen atoms in total. The third-order valence-electron chi connectivity index (χ3n) is 4.83. The van der Waals surface area contributed by atoms with E-state index in [9.17, 15) is 4.79 Å². The lowest BCUT2D eigenvalue weighted by molar-refractivity contribution is -0.137. The number of unbranched alkanes of at least 4 members (excludes halogenated alkanes) is 14. The number of halogens is 1. The Hall–Kier alpha value is 0.157. The maximum absolute atomic E-state index is 10.9. The summed E-state index contributed by atoms with van der Waals surface area (Å²) < 4.78 is 4.97. The summed E-state index contributed by atoms with van der Waals surface area (Å²) in [5.41, 5.74) is -0.823. The highest BCUT2D eigenvalue weighted by atomic mass is 127. The predicted octanol–water partition coefficient (Wildman–Crippen LogP) is 8.21. The average Bonchev–Trinajstić information content (AvgIpc) is 2.59. The Labute approximate surface area is 177 Å². The van der Waals surface area contributed by atoms with E-state index in [0.717, 1.165) is 6.42 Å². The smallest absolute Gasteiger partial charge is 0.330 e. The molecule has 0 atom stereocenters. The van der Waals surface area contributed by atoms with Gasteiger partial charge in [-0.25, -0.2) is 4.79 Å². The molecule has 26 heavy (non-hydrogen) atoms. The summed E-state index contributed by atoms with van der Waals surface area (Å²) in [5, 5.41) is 0. The van der Waals surface area contributed by atoms with Crippen molar-refractivity contribution in [3.8, 4) is 0 Å². The zero-order valence-electron chi connectivity index (χ0n) is 17.5. The molecule has 0 aromatic carbocycles. The monoisotopic (exact) mass is 494 g/mol. The molecule has 0 aliphatic heterocycles. The van der Waals surface area contributed by atoms with Crippen molar-refractivity contribution in [2.24, 2.45) is 0 Å². The van der Waals surface area contributed by atoms with Gasteiger partial charge in [0.1, 0.15) is 5.57 Å². The number of carbonyl (C=O) groups is 1. The van der Waals surface area contributed by atoms with Gasteiger partial charge in [0.15, 0.2) is 0 Å². The summed E-state index contributed by atoms with van der Waals surface area (Å²) in [6.45, 7) is 8.87. The summed E-state index contributed by atoms with van der Waals surface area (Å²) in [5.74, 6) is -0.299. The Bertz CT molecular complexity index is 340. The van der Waals surface area contributed by atoms with Crippen LogP contribution in [0.15, 0.2) is 12.7 Å². The maximum Gasteiger partial charge on any atom is 0.330 e. The van der Waals surface area contributed by atoms with Crippen LogP contribution in [0.3, 0.4) is 0 Å². The fraction of sp³-hybridized carbons (Fsp3) is 0.864. The maximum atomic E-state index is 10.9. The van der Waals surface area contributed by atoms with Gasteiger partial charge in [-0.3, -0.25) is 0 Å². The molecule has 0 unspecified atom stereocenters. The normalized spacial score (nSPS) is 11.5. The third kappa shape index (κ3) is 22.2. The Morgan fingerprint density at radius 2 is 1.12 bits per heavy atom. The first-order chi connectivity index (χ1) is 12.5. The van der Waals surface area contributed by atoms with Crippen molar-refractivity contribution in [2.75, 3.05) is 6.61 Å². The SMILES string of the molecule is C=CC(=O)OCCCCCCCCCCCCCCCCC[Si](C)(C)I. The van der Waals surface area contributed by atoms with Crippen LogP contribution < -0.4 is 0 Å². The van der Waals surface area contributed by atoms with E-state index in [-0.39, 0.29) is 5.97 Å². The molecule has 0 N–H and O–H groups in total. The van der Waals surface area contributed by atoms with Gasteiger partial charge in [0.2, 0.25) is 0 Å². The number of rotatable bonds is 19. The molecule has 0 rings (SSSR count). The summed E-state index contributed by atoms with van der Waals surface area (Å²) in [6, 6.07) is 1.50.